The zero-order valence-corrected chi connectivity index (χ0v) is 10.0. The number of hydrogen-bond acceptors (Lipinski definition) is 4. The number of nitrogens with zero attached hydrogens (tertiary/aromatic N) is 2. The smallest absolute Gasteiger partial charge is 0.336 e. The summed E-state index contributed by atoms with van der Waals surface area (Å²) in [4.78, 5) is 15.2. The second-order valence-corrected chi connectivity index (χ2v) is 3.66. The number of aromatic nitrogens is 3. The number of ether oxygens (including phenoxy) is 1. The standard InChI is InChI=1S/C8H13BrN4O2/c1-15-8-11-7(12-13-8)10-6(14)4-2-3-5-9/h2-5H2,1H3,(H2,10,11,12,13,14). The molecule has 0 saturated heterocycles. The Morgan fingerprint density at radius 3 is 3.00 bits per heavy atom. The van der Waals surface area contributed by atoms with Gasteiger partial charge in [0.2, 0.25) is 11.9 Å². The van der Waals surface area contributed by atoms with Crippen LogP contribution in [0.2, 0.25) is 0 Å². The van der Waals surface area contributed by atoms with Crippen LogP contribution in [0.3, 0.4) is 0 Å². The zero-order chi connectivity index (χ0) is 11.1. The van der Waals surface area contributed by atoms with Gasteiger partial charge in [-0.3, -0.25) is 10.1 Å². The lowest BCUT2D eigenvalue weighted by molar-refractivity contribution is -0.116. The molecule has 1 aromatic heterocycles. The number of halogens is 1. The molecule has 0 aliphatic heterocycles. The van der Waals surface area contributed by atoms with Crippen LogP contribution in [-0.2, 0) is 4.79 Å². The molecule has 7 heteroatoms. The van der Waals surface area contributed by atoms with Crippen LogP contribution in [0.25, 0.3) is 0 Å². The predicted molar refractivity (Wildman–Crippen MR) is 59.2 cm³/mol. The summed E-state index contributed by atoms with van der Waals surface area (Å²) in [5.41, 5.74) is 0. The highest BCUT2D eigenvalue weighted by molar-refractivity contribution is 9.09. The summed E-state index contributed by atoms with van der Waals surface area (Å²) in [7, 11) is 1.46. The molecule has 0 spiro atoms. The van der Waals surface area contributed by atoms with Gasteiger partial charge in [-0.2, -0.15) is 4.98 Å². The quantitative estimate of drug-likeness (QED) is 0.607. The lowest BCUT2D eigenvalue weighted by atomic mass is 10.2. The molecule has 0 unspecified atom stereocenters. The minimum atomic E-state index is -0.0743. The van der Waals surface area contributed by atoms with Gasteiger partial charge in [-0.15, -0.1) is 5.10 Å². The van der Waals surface area contributed by atoms with Crippen LogP contribution in [0, 0.1) is 0 Å². The van der Waals surface area contributed by atoms with Gasteiger partial charge in [0.05, 0.1) is 7.11 Å². The molecule has 0 fully saturated rings. The largest absolute Gasteiger partial charge is 0.466 e. The number of unbranched alkanes of at least 4 members (excludes halogenated alkanes) is 1. The van der Waals surface area contributed by atoms with Crippen LogP contribution in [0.5, 0.6) is 6.01 Å². The second kappa shape index (κ2) is 6.39. The van der Waals surface area contributed by atoms with E-state index in [9.17, 15) is 4.79 Å². The number of amides is 1. The summed E-state index contributed by atoms with van der Waals surface area (Å²) in [5, 5.41) is 9.76. The van der Waals surface area contributed by atoms with Gasteiger partial charge >= 0.3 is 6.01 Å². The van der Waals surface area contributed by atoms with Crippen molar-refractivity contribution in [3.05, 3.63) is 0 Å². The maximum Gasteiger partial charge on any atom is 0.336 e. The molecule has 2 N–H and O–H groups in total. The number of carbonyl (C=O) groups is 1. The number of alkyl halides is 1. The molecular formula is C8H13BrN4O2. The summed E-state index contributed by atoms with van der Waals surface area (Å²) in [6.07, 6.45) is 2.31. The fourth-order valence-corrected chi connectivity index (χ4v) is 1.36. The summed E-state index contributed by atoms with van der Waals surface area (Å²) in [6.45, 7) is 0. The SMILES string of the molecule is COc1n[nH]c(NC(=O)CCCCBr)n1. The third kappa shape index (κ3) is 4.28. The van der Waals surface area contributed by atoms with E-state index in [0.29, 0.717) is 12.4 Å². The molecule has 0 saturated carbocycles. The molecule has 1 rings (SSSR count). The molecule has 84 valence electrons. The van der Waals surface area contributed by atoms with Crippen molar-refractivity contribution in [1.82, 2.24) is 15.2 Å². The van der Waals surface area contributed by atoms with Crippen molar-refractivity contribution in [3.63, 3.8) is 0 Å². The molecule has 0 radical (unpaired) electrons. The average molecular weight is 277 g/mol. The van der Waals surface area contributed by atoms with Crippen molar-refractivity contribution >= 4 is 27.8 Å². The van der Waals surface area contributed by atoms with Gasteiger partial charge in [-0.1, -0.05) is 15.9 Å². The van der Waals surface area contributed by atoms with Crippen LogP contribution in [0.1, 0.15) is 19.3 Å². The Morgan fingerprint density at radius 2 is 2.40 bits per heavy atom. The summed E-state index contributed by atoms with van der Waals surface area (Å²) < 4.78 is 4.76. The van der Waals surface area contributed by atoms with Crippen LogP contribution >= 0.6 is 15.9 Å². The van der Waals surface area contributed by atoms with E-state index >= 15 is 0 Å². The lowest BCUT2D eigenvalue weighted by Crippen LogP contribution is -2.12. The molecule has 0 atom stereocenters. The normalized spacial score (nSPS) is 10.0. The van der Waals surface area contributed by atoms with Crippen molar-refractivity contribution in [2.24, 2.45) is 0 Å². The van der Waals surface area contributed by atoms with E-state index in [0.717, 1.165) is 18.2 Å². The first-order valence-corrected chi connectivity index (χ1v) is 5.70. The van der Waals surface area contributed by atoms with Crippen molar-refractivity contribution in [2.45, 2.75) is 19.3 Å². The van der Waals surface area contributed by atoms with Crippen LogP contribution in [-0.4, -0.2) is 33.5 Å². The van der Waals surface area contributed by atoms with Crippen LogP contribution < -0.4 is 10.1 Å². The number of rotatable bonds is 6. The first-order valence-electron chi connectivity index (χ1n) is 4.58. The number of nitrogens with one attached hydrogen (secondary N) is 2. The molecule has 1 aromatic rings. The number of H-pyrrole nitrogens is 1. The summed E-state index contributed by atoms with van der Waals surface area (Å²) in [6, 6.07) is 0.214. The maximum absolute atomic E-state index is 11.3. The molecular weight excluding hydrogens is 264 g/mol. The van der Waals surface area contributed by atoms with Gasteiger partial charge < -0.3 is 4.74 Å². The van der Waals surface area contributed by atoms with E-state index < -0.39 is 0 Å². The molecule has 1 amide bonds. The Bertz CT molecular complexity index is 315. The van der Waals surface area contributed by atoms with E-state index in [1.165, 1.54) is 7.11 Å². The molecule has 15 heavy (non-hydrogen) atoms. The average Bonchev–Trinajstić information content (AvgIpc) is 2.66. The van der Waals surface area contributed by atoms with Gasteiger partial charge in [0, 0.05) is 11.8 Å². The van der Waals surface area contributed by atoms with Crippen molar-refractivity contribution in [2.75, 3.05) is 17.8 Å². The lowest BCUT2D eigenvalue weighted by Gasteiger charge is -1.99. The van der Waals surface area contributed by atoms with Gasteiger partial charge in [0.25, 0.3) is 0 Å². The highest BCUT2D eigenvalue weighted by Gasteiger charge is 2.06. The van der Waals surface area contributed by atoms with E-state index in [1.807, 2.05) is 0 Å². The predicted octanol–water partition coefficient (Wildman–Crippen LogP) is 1.32. The van der Waals surface area contributed by atoms with E-state index in [2.05, 4.69) is 36.4 Å². The Hall–Kier alpha value is -1.11. The van der Waals surface area contributed by atoms with Crippen molar-refractivity contribution in [1.29, 1.82) is 0 Å². The molecule has 6 nitrogen and oxygen atoms in total. The highest BCUT2D eigenvalue weighted by Crippen LogP contribution is 2.06. The molecule has 0 aromatic carbocycles. The summed E-state index contributed by atoms with van der Waals surface area (Å²) in [5.74, 6) is 0.241. The fourth-order valence-electron chi connectivity index (χ4n) is 0.968. The molecule has 0 aliphatic rings. The maximum atomic E-state index is 11.3. The van der Waals surface area contributed by atoms with Gasteiger partial charge in [-0.05, 0) is 12.8 Å². The topological polar surface area (TPSA) is 79.9 Å². The van der Waals surface area contributed by atoms with Crippen LogP contribution in [0.4, 0.5) is 5.95 Å². The number of aromatic amines is 1. The first kappa shape index (κ1) is 12.0. The van der Waals surface area contributed by atoms with Gasteiger partial charge in [0.15, 0.2) is 0 Å². The first-order chi connectivity index (χ1) is 7.26. The Labute approximate surface area is 95.9 Å². The molecule has 0 bridgehead atoms. The number of anilines is 1. The van der Waals surface area contributed by atoms with E-state index in [-0.39, 0.29) is 11.9 Å². The van der Waals surface area contributed by atoms with Crippen molar-refractivity contribution < 1.29 is 9.53 Å². The number of methoxy groups -OCH3 is 1. The summed E-state index contributed by atoms with van der Waals surface area (Å²) >= 11 is 3.30. The van der Waals surface area contributed by atoms with Gasteiger partial charge in [0.1, 0.15) is 0 Å². The second-order valence-electron chi connectivity index (χ2n) is 2.86. The fraction of sp³-hybridized carbons (Fsp3) is 0.625. The number of carbonyl (C=O) groups excluding carboxylic acids is 1. The molecule has 0 aliphatic carbocycles. The third-order valence-corrected chi connectivity index (χ3v) is 2.25. The minimum Gasteiger partial charge on any atom is -0.466 e. The van der Waals surface area contributed by atoms with Crippen molar-refractivity contribution in [3.8, 4) is 6.01 Å². The van der Waals surface area contributed by atoms with Gasteiger partial charge in [-0.25, -0.2) is 5.10 Å². The number of hydrogen-bond donors (Lipinski definition) is 2. The molecule has 1 heterocycles. The van der Waals surface area contributed by atoms with E-state index in [4.69, 9.17) is 4.74 Å². The Morgan fingerprint density at radius 1 is 1.60 bits per heavy atom. The highest BCUT2D eigenvalue weighted by atomic mass is 79.9. The Balaban J connectivity index is 2.31. The minimum absolute atomic E-state index is 0.0743. The van der Waals surface area contributed by atoms with Crippen LogP contribution in [0.15, 0.2) is 0 Å². The zero-order valence-electron chi connectivity index (χ0n) is 8.42. The Kier molecular flexibility index (Phi) is 5.09. The van der Waals surface area contributed by atoms with E-state index in [1.54, 1.807) is 0 Å². The monoisotopic (exact) mass is 276 g/mol. The third-order valence-electron chi connectivity index (χ3n) is 1.69.